The smallest absolute Gasteiger partial charge is 0.231 e. The summed E-state index contributed by atoms with van der Waals surface area (Å²) < 4.78 is 11.2. The van der Waals surface area contributed by atoms with Crippen molar-refractivity contribution >= 4 is 11.6 Å². The van der Waals surface area contributed by atoms with Gasteiger partial charge in [0, 0.05) is 38.6 Å². The van der Waals surface area contributed by atoms with Gasteiger partial charge in [-0.3, -0.25) is 9.69 Å². The van der Waals surface area contributed by atoms with Crippen molar-refractivity contribution < 1.29 is 14.3 Å². The van der Waals surface area contributed by atoms with Crippen LogP contribution in [0.4, 0.5) is 5.69 Å². The number of nitrogens with one attached hydrogen (secondary N) is 1. The molecule has 0 radical (unpaired) electrons. The zero-order valence-corrected chi connectivity index (χ0v) is 18.6. The van der Waals surface area contributed by atoms with Crippen LogP contribution >= 0.6 is 0 Å². The van der Waals surface area contributed by atoms with Gasteiger partial charge in [0.2, 0.25) is 12.7 Å². The molecule has 0 bridgehead atoms. The first kappa shape index (κ1) is 21.3. The summed E-state index contributed by atoms with van der Waals surface area (Å²) >= 11 is 0. The first-order chi connectivity index (χ1) is 14.6. The third-order valence-corrected chi connectivity index (χ3v) is 6.75. The number of fused-ring (bicyclic) bond motifs is 1. The maximum absolute atomic E-state index is 12.0. The molecule has 1 saturated carbocycles. The molecule has 1 aromatic rings. The molecule has 4 rings (SSSR count). The molecule has 6 heteroatoms. The van der Waals surface area contributed by atoms with E-state index in [-0.39, 0.29) is 5.91 Å². The second-order valence-corrected chi connectivity index (χ2v) is 9.51. The minimum absolute atomic E-state index is 0.229. The van der Waals surface area contributed by atoms with Gasteiger partial charge in [0.1, 0.15) is 0 Å². The Morgan fingerprint density at radius 2 is 1.87 bits per heavy atom. The molecular weight excluding hydrogens is 378 g/mol. The van der Waals surface area contributed by atoms with Crippen LogP contribution in [0, 0.1) is 11.8 Å². The third kappa shape index (κ3) is 5.39. The van der Waals surface area contributed by atoms with E-state index < -0.39 is 0 Å². The van der Waals surface area contributed by atoms with E-state index >= 15 is 0 Å². The van der Waals surface area contributed by atoms with Crippen LogP contribution in [0.15, 0.2) is 18.2 Å². The van der Waals surface area contributed by atoms with E-state index in [2.05, 4.69) is 41.1 Å². The molecule has 3 aliphatic rings. The fourth-order valence-electron chi connectivity index (χ4n) is 4.99. The van der Waals surface area contributed by atoms with Crippen LogP contribution in [0.1, 0.15) is 52.4 Å². The van der Waals surface area contributed by atoms with E-state index in [9.17, 15) is 4.79 Å². The maximum Gasteiger partial charge on any atom is 0.231 e. The first-order valence-electron chi connectivity index (χ1n) is 11.7. The molecule has 1 aromatic carbocycles. The van der Waals surface area contributed by atoms with Gasteiger partial charge >= 0.3 is 0 Å². The molecule has 2 fully saturated rings. The first-order valence-corrected chi connectivity index (χ1v) is 11.7. The predicted molar refractivity (Wildman–Crippen MR) is 119 cm³/mol. The summed E-state index contributed by atoms with van der Waals surface area (Å²) in [5.74, 6) is 3.25. The Hall–Kier alpha value is -1.95. The highest BCUT2D eigenvalue weighted by Crippen LogP contribution is 2.41. The molecule has 1 aliphatic carbocycles. The Morgan fingerprint density at radius 3 is 2.60 bits per heavy atom. The second-order valence-electron chi connectivity index (χ2n) is 9.51. The molecule has 2 aliphatic heterocycles. The van der Waals surface area contributed by atoms with Crippen molar-refractivity contribution in [3.63, 3.8) is 0 Å². The highest BCUT2D eigenvalue weighted by Gasteiger charge is 2.26. The summed E-state index contributed by atoms with van der Waals surface area (Å²) in [6.45, 7) is 10.0. The van der Waals surface area contributed by atoms with Gasteiger partial charge in [0.25, 0.3) is 0 Å². The van der Waals surface area contributed by atoms with Crippen molar-refractivity contribution in [1.29, 1.82) is 0 Å². The van der Waals surface area contributed by atoms with Gasteiger partial charge in [0.15, 0.2) is 11.5 Å². The number of hydrogen-bond acceptors (Lipinski definition) is 5. The number of hydrogen-bond donors (Lipinski definition) is 1. The SMILES string of the molecule is CC(C)CC(=O)NC1CCC(CCN2CCN(c3cccc4c3OCO4)CC2)CC1. The monoisotopic (exact) mass is 415 g/mol. The molecule has 0 atom stereocenters. The number of rotatable bonds is 7. The van der Waals surface area contributed by atoms with Crippen LogP contribution in [-0.4, -0.2) is 56.4 Å². The van der Waals surface area contributed by atoms with Crippen LogP contribution in [0.5, 0.6) is 11.5 Å². The zero-order valence-electron chi connectivity index (χ0n) is 18.6. The predicted octanol–water partition coefficient (Wildman–Crippen LogP) is 3.65. The highest BCUT2D eigenvalue weighted by atomic mass is 16.7. The standard InChI is InChI=1S/C24H37N3O3/c1-18(2)16-23(28)25-20-8-6-19(7-9-20)10-11-26-12-14-27(15-13-26)21-4-3-5-22-24(21)30-17-29-22/h3-5,18-20H,6-17H2,1-2H3,(H,25,28). The van der Waals surface area contributed by atoms with Gasteiger partial charge in [-0.2, -0.15) is 0 Å². The lowest BCUT2D eigenvalue weighted by Gasteiger charge is -2.37. The molecule has 2 heterocycles. The Kier molecular flexibility index (Phi) is 7.03. The van der Waals surface area contributed by atoms with Gasteiger partial charge < -0.3 is 19.7 Å². The Balaban J connectivity index is 1.15. The van der Waals surface area contributed by atoms with Gasteiger partial charge in [-0.1, -0.05) is 19.9 Å². The number of nitrogens with zero attached hydrogens (tertiary/aromatic N) is 2. The molecule has 166 valence electrons. The lowest BCUT2D eigenvalue weighted by molar-refractivity contribution is -0.122. The van der Waals surface area contributed by atoms with Crippen LogP contribution in [0.3, 0.4) is 0 Å². The molecule has 0 spiro atoms. The van der Waals surface area contributed by atoms with E-state index in [0.717, 1.165) is 56.4 Å². The van der Waals surface area contributed by atoms with E-state index in [0.29, 0.717) is 25.2 Å². The average Bonchev–Trinajstić information content (AvgIpc) is 3.22. The number of carbonyl (C=O) groups excluding carboxylic acids is 1. The van der Waals surface area contributed by atoms with Crippen molar-refractivity contribution in [2.24, 2.45) is 11.8 Å². The Labute approximate surface area is 180 Å². The van der Waals surface area contributed by atoms with Gasteiger partial charge in [0.05, 0.1) is 5.69 Å². The average molecular weight is 416 g/mol. The van der Waals surface area contributed by atoms with Crippen molar-refractivity contribution in [3.05, 3.63) is 18.2 Å². The normalized spacial score (nSPS) is 24.3. The largest absolute Gasteiger partial charge is 0.454 e. The molecule has 0 aromatic heterocycles. The van der Waals surface area contributed by atoms with Gasteiger partial charge in [-0.15, -0.1) is 0 Å². The topological polar surface area (TPSA) is 54.0 Å². The van der Waals surface area contributed by atoms with Gasteiger partial charge in [-0.05, 0) is 62.6 Å². The molecule has 30 heavy (non-hydrogen) atoms. The minimum Gasteiger partial charge on any atom is -0.454 e. The molecule has 1 N–H and O–H groups in total. The Morgan fingerprint density at radius 1 is 1.10 bits per heavy atom. The number of benzene rings is 1. The summed E-state index contributed by atoms with van der Waals surface area (Å²) in [7, 11) is 0. The summed E-state index contributed by atoms with van der Waals surface area (Å²) in [6, 6.07) is 6.57. The zero-order chi connectivity index (χ0) is 20.9. The summed E-state index contributed by atoms with van der Waals surface area (Å²) in [4.78, 5) is 17.0. The van der Waals surface area contributed by atoms with Crippen LogP contribution in [0.25, 0.3) is 0 Å². The molecule has 1 amide bonds. The second kappa shape index (κ2) is 9.90. The Bertz CT molecular complexity index is 708. The lowest BCUT2D eigenvalue weighted by Crippen LogP contribution is -2.47. The van der Waals surface area contributed by atoms with Crippen molar-refractivity contribution in [1.82, 2.24) is 10.2 Å². The molecule has 0 unspecified atom stereocenters. The molecule has 6 nitrogen and oxygen atoms in total. The number of ether oxygens (including phenoxy) is 2. The summed E-state index contributed by atoms with van der Waals surface area (Å²) in [5, 5.41) is 3.24. The fraction of sp³-hybridized carbons (Fsp3) is 0.708. The van der Waals surface area contributed by atoms with Crippen molar-refractivity contribution in [3.8, 4) is 11.5 Å². The number of para-hydroxylation sites is 1. The van der Waals surface area contributed by atoms with Crippen LogP contribution in [0.2, 0.25) is 0 Å². The van der Waals surface area contributed by atoms with Crippen molar-refractivity contribution in [2.75, 3.05) is 44.4 Å². The number of anilines is 1. The van der Waals surface area contributed by atoms with E-state index in [1.807, 2.05) is 6.07 Å². The maximum atomic E-state index is 12.0. The summed E-state index contributed by atoms with van der Waals surface area (Å²) in [6.07, 6.45) is 6.72. The number of amides is 1. The highest BCUT2D eigenvalue weighted by molar-refractivity contribution is 5.76. The summed E-state index contributed by atoms with van der Waals surface area (Å²) in [5.41, 5.74) is 1.17. The lowest BCUT2D eigenvalue weighted by atomic mass is 9.84. The molecule has 1 saturated heterocycles. The van der Waals surface area contributed by atoms with Crippen molar-refractivity contribution in [2.45, 2.75) is 58.4 Å². The van der Waals surface area contributed by atoms with E-state index in [1.165, 1.54) is 31.5 Å². The quantitative estimate of drug-likeness (QED) is 0.737. The fourth-order valence-corrected chi connectivity index (χ4v) is 4.99. The third-order valence-electron chi connectivity index (χ3n) is 6.75. The van der Waals surface area contributed by atoms with E-state index in [1.54, 1.807) is 0 Å². The molecular formula is C24H37N3O3. The van der Waals surface area contributed by atoms with E-state index in [4.69, 9.17) is 9.47 Å². The number of piperazine rings is 1. The van der Waals surface area contributed by atoms with Crippen LogP contribution < -0.4 is 19.7 Å². The van der Waals surface area contributed by atoms with Crippen LogP contribution in [-0.2, 0) is 4.79 Å². The minimum atomic E-state index is 0.229. The van der Waals surface area contributed by atoms with Gasteiger partial charge in [-0.25, -0.2) is 0 Å². The number of carbonyl (C=O) groups is 1.